The van der Waals surface area contributed by atoms with Crippen LogP contribution in [0.1, 0.15) is 67.5 Å². The van der Waals surface area contributed by atoms with Crippen molar-refractivity contribution in [1.82, 2.24) is 14.8 Å². The Balaban J connectivity index is 1.58. The van der Waals surface area contributed by atoms with Crippen molar-refractivity contribution < 1.29 is 14.2 Å². The predicted octanol–water partition coefficient (Wildman–Crippen LogP) is 4.30. The molecule has 2 fully saturated rings. The quantitative estimate of drug-likeness (QED) is 0.682. The smallest absolute Gasteiger partial charge is 0.196 e. The molecule has 3 heterocycles. The number of nitrogens with zero attached hydrogens (tertiary/aromatic N) is 3. The Morgan fingerprint density at radius 2 is 1.79 bits per heavy atom. The number of fused-ring (bicyclic) bond motifs is 3. The molecule has 29 heavy (non-hydrogen) atoms. The summed E-state index contributed by atoms with van der Waals surface area (Å²) in [6.45, 7) is 3.48. The van der Waals surface area contributed by atoms with Crippen LogP contribution in [0.3, 0.4) is 0 Å². The summed E-state index contributed by atoms with van der Waals surface area (Å²) in [6, 6.07) is 8.36. The van der Waals surface area contributed by atoms with Gasteiger partial charge in [-0.2, -0.15) is 0 Å². The molecule has 1 saturated heterocycles. The number of alkyl halides is 1. The SMILES string of the molecule is COC1(C)CCC(c2nnc3n2-c2ccccc2CC2(OCCCO2)C3Cl)CC1. The number of aromatic nitrogens is 3. The van der Waals surface area contributed by atoms with E-state index >= 15 is 0 Å². The van der Waals surface area contributed by atoms with E-state index in [-0.39, 0.29) is 5.60 Å². The summed E-state index contributed by atoms with van der Waals surface area (Å²) in [5.74, 6) is 1.15. The highest BCUT2D eigenvalue weighted by molar-refractivity contribution is 6.21. The van der Waals surface area contributed by atoms with E-state index in [0.29, 0.717) is 31.4 Å². The molecule has 1 spiro atoms. The van der Waals surface area contributed by atoms with Crippen molar-refractivity contribution in [3.8, 4) is 5.69 Å². The summed E-state index contributed by atoms with van der Waals surface area (Å²) in [5, 5.41) is 8.68. The highest BCUT2D eigenvalue weighted by Crippen LogP contribution is 2.46. The van der Waals surface area contributed by atoms with Crippen molar-refractivity contribution in [2.45, 2.75) is 68.1 Å². The van der Waals surface area contributed by atoms with Crippen molar-refractivity contribution in [3.63, 3.8) is 0 Å². The molecule has 1 aromatic carbocycles. The monoisotopic (exact) mass is 417 g/mol. The molecule has 2 aliphatic heterocycles. The molecule has 5 rings (SSSR count). The molecule has 2 aromatic rings. The molecule has 6 nitrogen and oxygen atoms in total. The van der Waals surface area contributed by atoms with Crippen LogP contribution < -0.4 is 0 Å². The average molecular weight is 418 g/mol. The maximum atomic E-state index is 7.00. The molecule has 3 aliphatic rings. The Bertz CT molecular complexity index is 885. The van der Waals surface area contributed by atoms with Gasteiger partial charge in [0.15, 0.2) is 11.6 Å². The minimum absolute atomic E-state index is 0.0428. The number of methoxy groups -OCH3 is 1. The number of hydrogen-bond acceptors (Lipinski definition) is 5. The molecule has 7 heteroatoms. The number of hydrogen-bond donors (Lipinski definition) is 0. The maximum absolute atomic E-state index is 7.00. The fourth-order valence-corrected chi connectivity index (χ4v) is 5.29. The second kappa shape index (κ2) is 7.34. The van der Waals surface area contributed by atoms with E-state index in [9.17, 15) is 0 Å². The lowest BCUT2D eigenvalue weighted by molar-refractivity contribution is -0.268. The summed E-state index contributed by atoms with van der Waals surface area (Å²) in [5.41, 5.74) is 2.19. The molecule has 1 atom stereocenters. The molecule has 0 N–H and O–H groups in total. The van der Waals surface area contributed by atoms with Gasteiger partial charge in [0.1, 0.15) is 11.2 Å². The summed E-state index contributed by atoms with van der Waals surface area (Å²) in [4.78, 5) is 0. The van der Waals surface area contributed by atoms with Gasteiger partial charge in [0.2, 0.25) is 0 Å². The Labute approximate surface area is 176 Å². The largest absolute Gasteiger partial charge is 0.379 e. The van der Waals surface area contributed by atoms with Gasteiger partial charge >= 0.3 is 0 Å². The van der Waals surface area contributed by atoms with Crippen molar-refractivity contribution >= 4 is 11.6 Å². The topological polar surface area (TPSA) is 58.4 Å². The van der Waals surface area contributed by atoms with E-state index in [4.69, 9.17) is 25.8 Å². The van der Waals surface area contributed by atoms with Crippen LogP contribution in [0.25, 0.3) is 5.69 Å². The summed E-state index contributed by atoms with van der Waals surface area (Å²) < 4.78 is 20.2. The van der Waals surface area contributed by atoms with E-state index in [1.807, 2.05) is 0 Å². The van der Waals surface area contributed by atoms with Crippen molar-refractivity contribution in [2.75, 3.05) is 20.3 Å². The van der Waals surface area contributed by atoms with Crippen LogP contribution in [-0.4, -0.2) is 46.5 Å². The maximum Gasteiger partial charge on any atom is 0.196 e. The minimum Gasteiger partial charge on any atom is -0.379 e. The Morgan fingerprint density at radius 3 is 2.52 bits per heavy atom. The van der Waals surface area contributed by atoms with Gasteiger partial charge < -0.3 is 14.2 Å². The van der Waals surface area contributed by atoms with E-state index in [2.05, 4.69) is 46.0 Å². The average Bonchev–Trinajstić information content (AvgIpc) is 3.16. The third kappa shape index (κ3) is 3.21. The number of benzene rings is 1. The van der Waals surface area contributed by atoms with Crippen LogP contribution in [0, 0.1) is 0 Å². The van der Waals surface area contributed by atoms with Gasteiger partial charge in [0.25, 0.3) is 0 Å². The van der Waals surface area contributed by atoms with Gasteiger partial charge in [-0.25, -0.2) is 0 Å². The van der Waals surface area contributed by atoms with Crippen LogP contribution >= 0.6 is 11.6 Å². The zero-order valence-corrected chi connectivity index (χ0v) is 17.8. The van der Waals surface area contributed by atoms with Gasteiger partial charge in [-0.3, -0.25) is 4.57 Å². The highest BCUT2D eigenvalue weighted by atomic mass is 35.5. The molecule has 1 unspecified atom stereocenters. The van der Waals surface area contributed by atoms with Gasteiger partial charge in [-0.05, 0) is 50.7 Å². The summed E-state index contributed by atoms with van der Waals surface area (Å²) in [7, 11) is 1.81. The molecule has 1 aliphatic carbocycles. The van der Waals surface area contributed by atoms with E-state index < -0.39 is 11.2 Å². The van der Waals surface area contributed by atoms with Crippen LogP contribution in [0.4, 0.5) is 0 Å². The second-order valence-electron chi connectivity index (χ2n) is 8.71. The molecular weight excluding hydrogens is 390 g/mol. The zero-order valence-electron chi connectivity index (χ0n) is 17.1. The van der Waals surface area contributed by atoms with E-state index in [1.165, 1.54) is 0 Å². The third-order valence-electron chi connectivity index (χ3n) is 6.88. The first-order chi connectivity index (χ1) is 14.1. The van der Waals surface area contributed by atoms with Crippen LogP contribution in [0.5, 0.6) is 0 Å². The molecule has 156 valence electrons. The normalized spacial score (nSPS) is 31.1. The Kier molecular flexibility index (Phi) is 4.93. The van der Waals surface area contributed by atoms with E-state index in [1.54, 1.807) is 7.11 Å². The number of halogens is 1. The summed E-state index contributed by atoms with van der Waals surface area (Å²) >= 11 is 7.00. The van der Waals surface area contributed by atoms with Crippen LogP contribution in [-0.2, 0) is 20.6 Å². The molecule has 0 amide bonds. The first-order valence-corrected chi connectivity index (χ1v) is 11.0. The minimum atomic E-state index is -0.893. The van der Waals surface area contributed by atoms with Crippen molar-refractivity contribution in [2.24, 2.45) is 0 Å². The zero-order chi connectivity index (χ0) is 20.1. The van der Waals surface area contributed by atoms with Crippen LogP contribution in [0.2, 0.25) is 0 Å². The Hall–Kier alpha value is -1.47. The number of rotatable bonds is 2. The molecule has 0 radical (unpaired) electrons. The fraction of sp³-hybridized carbons (Fsp3) is 0.636. The third-order valence-corrected chi connectivity index (χ3v) is 7.41. The standard InChI is InChI=1S/C22H28ClN3O3/c1-21(27-2)10-8-15(9-11-21)19-24-25-20-18(23)22(28-12-5-13-29-22)14-16-6-3-4-7-17(16)26(19)20/h3-4,6-7,15,18H,5,8-14H2,1-2H3. The van der Waals surface area contributed by atoms with Gasteiger partial charge in [0, 0.05) is 19.4 Å². The summed E-state index contributed by atoms with van der Waals surface area (Å²) in [6.07, 6.45) is 5.56. The van der Waals surface area contributed by atoms with Crippen LogP contribution in [0.15, 0.2) is 24.3 Å². The second-order valence-corrected chi connectivity index (χ2v) is 9.15. The fourth-order valence-electron chi connectivity index (χ4n) is 4.94. The number of ether oxygens (including phenoxy) is 3. The van der Waals surface area contributed by atoms with Gasteiger partial charge in [-0.15, -0.1) is 21.8 Å². The van der Waals surface area contributed by atoms with Crippen molar-refractivity contribution in [3.05, 3.63) is 41.5 Å². The lowest BCUT2D eigenvalue weighted by Gasteiger charge is -2.38. The first-order valence-electron chi connectivity index (χ1n) is 10.6. The highest BCUT2D eigenvalue weighted by Gasteiger charge is 2.49. The lowest BCUT2D eigenvalue weighted by Crippen LogP contribution is -2.46. The number of para-hydroxylation sites is 1. The van der Waals surface area contributed by atoms with Gasteiger partial charge in [0.05, 0.1) is 24.5 Å². The molecule has 1 saturated carbocycles. The Morgan fingerprint density at radius 1 is 1.10 bits per heavy atom. The molecule has 1 aromatic heterocycles. The van der Waals surface area contributed by atoms with Crippen molar-refractivity contribution in [1.29, 1.82) is 0 Å². The molecule has 0 bridgehead atoms. The predicted molar refractivity (Wildman–Crippen MR) is 110 cm³/mol. The van der Waals surface area contributed by atoms with E-state index in [0.717, 1.165) is 49.2 Å². The lowest BCUT2D eigenvalue weighted by atomic mass is 9.79. The first kappa shape index (κ1) is 19.5. The molecular formula is C22H28ClN3O3. The van der Waals surface area contributed by atoms with Gasteiger partial charge in [-0.1, -0.05) is 18.2 Å².